The molecule has 0 radical (unpaired) electrons. The highest BCUT2D eigenvalue weighted by Gasteiger charge is 2.24. The van der Waals surface area contributed by atoms with Gasteiger partial charge in [-0.1, -0.05) is 63.3 Å². The van der Waals surface area contributed by atoms with Crippen LogP contribution in [0.15, 0.2) is 24.3 Å². The molecule has 24 heavy (non-hydrogen) atoms. The summed E-state index contributed by atoms with van der Waals surface area (Å²) < 4.78 is 0. The number of amides is 1. The number of rotatable bonds is 10. The first kappa shape index (κ1) is 18.7. The highest BCUT2D eigenvalue weighted by atomic mass is 16.2. The molecule has 0 bridgehead atoms. The van der Waals surface area contributed by atoms with Gasteiger partial charge in [0.25, 0.3) is 0 Å². The molecule has 3 nitrogen and oxygen atoms in total. The average molecular weight is 329 g/mol. The van der Waals surface area contributed by atoms with E-state index in [0.29, 0.717) is 6.42 Å². The van der Waals surface area contributed by atoms with Crippen LogP contribution in [-0.2, 0) is 11.2 Å². The van der Waals surface area contributed by atoms with Crippen molar-refractivity contribution in [3.8, 4) is 0 Å². The van der Waals surface area contributed by atoms with Crippen molar-refractivity contribution in [2.45, 2.75) is 71.1 Å². The lowest BCUT2D eigenvalue weighted by molar-refractivity contribution is -0.126. The van der Waals surface area contributed by atoms with Gasteiger partial charge in [0.05, 0.1) is 0 Å². The van der Waals surface area contributed by atoms with Gasteiger partial charge < -0.3 is 5.32 Å². The second kappa shape index (κ2) is 10.3. The van der Waals surface area contributed by atoms with Crippen LogP contribution in [0.2, 0.25) is 0 Å². The Balaban J connectivity index is 1.74. The molecule has 1 N–H and O–H groups in total. The number of carbonyl (C=O) groups is 2. The van der Waals surface area contributed by atoms with Crippen molar-refractivity contribution in [2.24, 2.45) is 5.92 Å². The molecular formula is C21H31NO2. The van der Waals surface area contributed by atoms with Crippen molar-refractivity contribution in [3.05, 3.63) is 35.4 Å². The van der Waals surface area contributed by atoms with Gasteiger partial charge in [-0.3, -0.25) is 9.59 Å². The quantitative estimate of drug-likeness (QED) is 0.500. The van der Waals surface area contributed by atoms with Gasteiger partial charge in [-0.05, 0) is 31.2 Å². The fraction of sp³-hybridized carbons (Fsp3) is 0.619. The molecule has 1 saturated heterocycles. The number of hydrogen-bond acceptors (Lipinski definition) is 2. The summed E-state index contributed by atoms with van der Waals surface area (Å²) in [7, 11) is 0. The third kappa shape index (κ3) is 6.10. The summed E-state index contributed by atoms with van der Waals surface area (Å²) in [5.74, 6) is -0.0218. The molecule has 1 aliphatic heterocycles. The molecule has 1 aromatic carbocycles. The summed E-state index contributed by atoms with van der Waals surface area (Å²) >= 11 is 0. The van der Waals surface area contributed by atoms with E-state index in [4.69, 9.17) is 0 Å². The molecule has 0 aromatic heterocycles. The van der Waals surface area contributed by atoms with Gasteiger partial charge in [0, 0.05) is 24.4 Å². The maximum atomic E-state index is 12.4. The first-order chi connectivity index (χ1) is 11.7. The van der Waals surface area contributed by atoms with E-state index in [9.17, 15) is 9.59 Å². The zero-order chi connectivity index (χ0) is 17.2. The van der Waals surface area contributed by atoms with Crippen LogP contribution in [-0.4, -0.2) is 18.2 Å². The third-order valence-electron chi connectivity index (χ3n) is 4.93. The molecule has 1 aromatic rings. The summed E-state index contributed by atoms with van der Waals surface area (Å²) in [5.41, 5.74) is 2.04. The fourth-order valence-corrected chi connectivity index (χ4v) is 3.34. The van der Waals surface area contributed by atoms with E-state index >= 15 is 0 Å². The molecule has 2 rings (SSSR count). The molecule has 3 heteroatoms. The van der Waals surface area contributed by atoms with E-state index in [2.05, 4.69) is 24.4 Å². The lowest BCUT2D eigenvalue weighted by Gasteiger charge is -2.21. The lowest BCUT2D eigenvalue weighted by atomic mass is 9.91. The Morgan fingerprint density at radius 1 is 1.08 bits per heavy atom. The second-order valence-corrected chi connectivity index (χ2v) is 6.97. The minimum Gasteiger partial charge on any atom is -0.356 e. The Labute approximate surface area is 146 Å². The maximum absolute atomic E-state index is 12.4. The Morgan fingerprint density at radius 3 is 2.50 bits per heavy atom. The van der Waals surface area contributed by atoms with Gasteiger partial charge in [0.2, 0.25) is 5.91 Å². The maximum Gasteiger partial charge on any atom is 0.223 e. The van der Waals surface area contributed by atoms with Crippen molar-refractivity contribution in [1.82, 2.24) is 5.32 Å². The number of aryl methyl sites for hydroxylation is 1. The van der Waals surface area contributed by atoms with Crippen molar-refractivity contribution in [1.29, 1.82) is 0 Å². The molecule has 1 amide bonds. The summed E-state index contributed by atoms with van der Waals surface area (Å²) in [6, 6.07) is 7.99. The SMILES string of the molecule is CCCCCCCCc1ccc(C(=O)C[C@@H]2CCCNC2=O)cc1. The van der Waals surface area contributed by atoms with E-state index in [-0.39, 0.29) is 17.6 Å². The highest BCUT2D eigenvalue weighted by molar-refractivity contribution is 5.98. The largest absolute Gasteiger partial charge is 0.356 e. The molecule has 0 saturated carbocycles. The van der Waals surface area contributed by atoms with Gasteiger partial charge in [-0.15, -0.1) is 0 Å². The zero-order valence-electron chi connectivity index (χ0n) is 15.0. The molecule has 1 aliphatic rings. The number of benzene rings is 1. The number of ketones is 1. The normalized spacial score (nSPS) is 17.5. The predicted octanol–water partition coefficient (Wildman–Crippen LogP) is 4.69. The van der Waals surface area contributed by atoms with E-state index in [1.54, 1.807) is 0 Å². The smallest absolute Gasteiger partial charge is 0.223 e. The van der Waals surface area contributed by atoms with Crippen LogP contribution >= 0.6 is 0 Å². The lowest BCUT2D eigenvalue weighted by Crippen LogP contribution is -2.37. The van der Waals surface area contributed by atoms with E-state index < -0.39 is 0 Å². The van der Waals surface area contributed by atoms with Gasteiger partial charge in [0.15, 0.2) is 5.78 Å². The van der Waals surface area contributed by atoms with Crippen molar-refractivity contribution in [3.63, 3.8) is 0 Å². The van der Waals surface area contributed by atoms with Gasteiger partial charge in [-0.2, -0.15) is 0 Å². The van der Waals surface area contributed by atoms with E-state index in [1.807, 2.05) is 12.1 Å². The minimum absolute atomic E-state index is 0.0364. The summed E-state index contributed by atoms with van der Waals surface area (Å²) in [6.07, 6.45) is 11.0. The summed E-state index contributed by atoms with van der Waals surface area (Å²) in [4.78, 5) is 24.1. The monoisotopic (exact) mass is 329 g/mol. The molecule has 1 fully saturated rings. The van der Waals surface area contributed by atoms with Crippen LogP contribution in [0.25, 0.3) is 0 Å². The van der Waals surface area contributed by atoms with Gasteiger partial charge >= 0.3 is 0 Å². The number of carbonyl (C=O) groups excluding carboxylic acids is 2. The molecule has 0 unspecified atom stereocenters. The van der Waals surface area contributed by atoms with Crippen LogP contribution in [0, 0.1) is 5.92 Å². The minimum atomic E-state index is -0.144. The van der Waals surface area contributed by atoms with Crippen LogP contribution in [0.1, 0.15) is 80.6 Å². The van der Waals surface area contributed by atoms with E-state index in [0.717, 1.165) is 31.4 Å². The number of unbranched alkanes of at least 4 members (excludes halogenated alkanes) is 5. The molecule has 132 valence electrons. The zero-order valence-corrected chi connectivity index (χ0v) is 15.0. The second-order valence-electron chi connectivity index (χ2n) is 6.97. The van der Waals surface area contributed by atoms with Crippen molar-refractivity contribution in [2.75, 3.05) is 6.54 Å². The Hall–Kier alpha value is -1.64. The first-order valence-corrected chi connectivity index (χ1v) is 9.60. The first-order valence-electron chi connectivity index (χ1n) is 9.60. The van der Waals surface area contributed by atoms with Gasteiger partial charge in [-0.25, -0.2) is 0 Å². The summed E-state index contributed by atoms with van der Waals surface area (Å²) in [5, 5.41) is 2.85. The van der Waals surface area contributed by atoms with Crippen LogP contribution < -0.4 is 5.32 Å². The topological polar surface area (TPSA) is 46.2 Å². The number of Topliss-reactive ketones (excluding diaryl/α,β-unsaturated/α-hetero) is 1. The van der Waals surface area contributed by atoms with Crippen LogP contribution in [0.3, 0.4) is 0 Å². The molecule has 1 atom stereocenters. The van der Waals surface area contributed by atoms with Gasteiger partial charge in [0.1, 0.15) is 0 Å². The fourth-order valence-electron chi connectivity index (χ4n) is 3.34. The Bertz CT molecular complexity index is 521. The van der Waals surface area contributed by atoms with Crippen molar-refractivity contribution >= 4 is 11.7 Å². The van der Waals surface area contributed by atoms with Crippen LogP contribution in [0.5, 0.6) is 0 Å². The molecule has 1 heterocycles. The molecule has 0 spiro atoms. The number of nitrogens with one attached hydrogen (secondary N) is 1. The molecular weight excluding hydrogens is 298 g/mol. The predicted molar refractivity (Wildman–Crippen MR) is 98.2 cm³/mol. The third-order valence-corrected chi connectivity index (χ3v) is 4.93. The van der Waals surface area contributed by atoms with E-state index in [1.165, 1.54) is 44.1 Å². The highest BCUT2D eigenvalue weighted by Crippen LogP contribution is 2.19. The summed E-state index contributed by atoms with van der Waals surface area (Å²) in [6.45, 7) is 2.99. The number of hydrogen-bond donors (Lipinski definition) is 1. The average Bonchev–Trinajstić information content (AvgIpc) is 2.60. The Kier molecular flexibility index (Phi) is 8.00. The number of piperidine rings is 1. The van der Waals surface area contributed by atoms with Crippen molar-refractivity contribution < 1.29 is 9.59 Å². The molecule has 0 aliphatic carbocycles. The van der Waals surface area contributed by atoms with Crippen LogP contribution in [0.4, 0.5) is 0 Å². The standard InChI is InChI=1S/C21H31NO2/c1-2-3-4-5-6-7-9-17-11-13-18(14-12-17)20(23)16-19-10-8-15-22-21(19)24/h11-14,19H,2-10,15-16H2,1H3,(H,22,24)/t19-/m0/s1. The Morgan fingerprint density at radius 2 is 1.79 bits per heavy atom.